The Morgan fingerprint density at radius 2 is 2.06 bits per heavy atom. The molecule has 2 fully saturated rings. The zero-order valence-corrected chi connectivity index (χ0v) is 11.7. The number of methoxy groups -OCH3 is 1. The van der Waals surface area contributed by atoms with Crippen molar-refractivity contribution in [1.82, 2.24) is 10.2 Å². The summed E-state index contributed by atoms with van der Waals surface area (Å²) < 4.78 is 5.06. The van der Waals surface area contributed by atoms with Gasteiger partial charge in [-0.3, -0.25) is 0 Å². The van der Waals surface area contributed by atoms with Gasteiger partial charge in [-0.05, 0) is 38.5 Å². The molecule has 0 spiro atoms. The van der Waals surface area contributed by atoms with E-state index in [0.29, 0.717) is 12.6 Å². The molecule has 1 saturated carbocycles. The molecule has 4 heteroatoms. The highest BCUT2D eigenvalue weighted by molar-refractivity contribution is 5.75. The largest absolute Gasteiger partial charge is 0.383 e. The third kappa shape index (κ3) is 3.16. The third-order valence-corrected chi connectivity index (χ3v) is 4.29. The summed E-state index contributed by atoms with van der Waals surface area (Å²) in [5.74, 6) is 0.746. The van der Waals surface area contributed by atoms with E-state index in [4.69, 9.17) is 4.74 Å². The normalized spacial score (nSPS) is 26.6. The summed E-state index contributed by atoms with van der Waals surface area (Å²) >= 11 is 0. The number of carbonyl (C=O) groups excluding carboxylic acids is 1. The Labute approximate surface area is 110 Å². The zero-order valence-electron chi connectivity index (χ0n) is 11.7. The van der Waals surface area contributed by atoms with Crippen molar-refractivity contribution in [2.75, 3.05) is 20.3 Å². The van der Waals surface area contributed by atoms with E-state index in [-0.39, 0.29) is 12.1 Å². The molecule has 1 aliphatic carbocycles. The molecule has 0 aromatic heterocycles. The summed E-state index contributed by atoms with van der Waals surface area (Å²) in [6.07, 6.45) is 7.65. The lowest BCUT2D eigenvalue weighted by Crippen LogP contribution is -2.48. The Hall–Kier alpha value is -0.770. The average Bonchev–Trinajstić information content (AvgIpc) is 3.00. The lowest BCUT2D eigenvalue weighted by atomic mass is 9.96. The van der Waals surface area contributed by atoms with Crippen LogP contribution in [-0.4, -0.2) is 43.3 Å². The number of nitrogens with one attached hydrogen (secondary N) is 1. The number of ether oxygens (including phenoxy) is 1. The number of likely N-dealkylation sites (tertiary alicyclic amines) is 1. The zero-order chi connectivity index (χ0) is 13.0. The molecule has 2 rings (SSSR count). The van der Waals surface area contributed by atoms with Gasteiger partial charge in [-0.15, -0.1) is 0 Å². The molecule has 18 heavy (non-hydrogen) atoms. The standard InChI is InChI=1S/C14H26N2O2/c1-11(10-18-2)15-14(17)16-9-5-8-13(16)12-6-3-4-7-12/h11-13H,3-10H2,1-2H3,(H,15,17)/t11-,13-/m1/s1. The Bertz CT molecular complexity index is 277. The second-order valence-corrected chi connectivity index (χ2v) is 5.75. The summed E-state index contributed by atoms with van der Waals surface area (Å²) in [5, 5.41) is 3.04. The topological polar surface area (TPSA) is 41.6 Å². The van der Waals surface area contributed by atoms with Crippen LogP contribution in [0, 0.1) is 5.92 Å². The SMILES string of the molecule is COC[C@@H](C)NC(=O)N1CCC[C@@H]1C1CCCC1. The van der Waals surface area contributed by atoms with E-state index in [2.05, 4.69) is 10.2 Å². The smallest absolute Gasteiger partial charge is 0.317 e. The minimum Gasteiger partial charge on any atom is -0.383 e. The molecule has 1 heterocycles. The molecule has 1 N–H and O–H groups in total. The minimum atomic E-state index is 0.0901. The van der Waals surface area contributed by atoms with E-state index in [1.165, 1.54) is 32.1 Å². The van der Waals surface area contributed by atoms with Crippen LogP contribution >= 0.6 is 0 Å². The monoisotopic (exact) mass is 254 g/mol. The fourth-order valence-electron chi connectivity index (χ4n) is 3.46. The van der Waals surface area contributed by atoms with Crippen LogP contribution in [0.3, 0.4) is 0 Å². The molecule has 0 aromatic carbocycles. The summed E-state index contributed by atoms with van der Waals surface area (Å²) in [4.78, 5) is 14.3. The first-order valence-corrected chi connectivity index (χ1v) is 7.28. The van der Waals surface area contributed by atoms with Crippen molar-refractivity contribution in [3.63, 3.8) is 0 Å². The fraction of sp³-hybridized carbons (Fsp3) is 0.929. The molecule has 2 atom stereocenters. The first-order chi connectivity index (χ1) is 8.72. The average molecular weight is 254 g/mol. The first kappa shape index (κ1) is 13.7. The number of hydrogen-bond acceptors (Lipinski definition) is 2. The molecular formula is C14H26N2O2. The van der Waals surface area contributed by atoms with E-state index < -0.39 is 0 Å². The number of nitrogens with zero attached hydrogens (tertiary/aromatic N) is 1. The van der Waals surface area contributed by atoms with E-state index in [1.807, 2.05) is 6.92 Å². The van der Waals surface area contributed by atoms with Gasteiger partial charge >= 0.3 is 6.03 Å². The lowest BCUT2D eigenvalue weighted by Gasteiger charge is -2.30. The van der Waals surface area contributed by atoms with Gasteiger partial charge < -0.3 is 15.0 Å². The van der Waals surface area contributed by atoms with Gasteiger partial charge in [0.2, 0.25) is 0 Å². The van der Waals surface area contributed by atoms with E-state index in [1.54, 1.807) is 7.11 Å². The minimum absolute atomic E-state index is 0.0901. The van der Waals surface area contributed by atoms with Crippen LogP contribution in [0.4, 0.5) is 4.79 Å². The number of amides is 2. The first-order valence-electron chi connectivity index (χ1n) is 7.28. The van der Waals surface area contributed by atoms with E-state index >= 15 is 0 Å². The van der Waals surface area contributed by atoms with Crippen LogP contribution in [0.25, 0.3) is 0 Å². The van der Waals surface area contributed by atoms with Crippen molar-refractivity contribution in [2.24, 2.45) is 5.92 Å². The summed E-state index contributed by atoms with van der Waals surface area (Å²) in [5.41, 5.74) is 0. The van der Waals surface area contributed by atoms with Crippen LogP contribution in [-0.2, 0) is 4.74 Å². The molecule has 1 saturated heterocycles. The fourth-order valence-corrected chi connectivity index (χ4v) is 3.46. The molecule has 2 amide bonds. The van der Waals surface area contributed by atoms with Crippen molar-refractivity contribution in [1.29, 1.82) is 0 Å². The van der Waals surface area contributed by atoms with Gasteiger partial charge in [-0.25, -0.2) is 4.79 Å². The van der Waals surface area contributed by atoms with Gasteiger partial charge in [-0.1, -0.05) is 12.8 Å². The molecule has 0 bridgehead atoms. The molecular weight excluding hydrogens is 228 g/mol. The van der Waals surface area contributed by atoms with Crippen molar-refractivity contribution in [3.8, 4) is 0 Å². The van der Waals surface area contributed by atoms with Crippen LogP contribution in [0.2, 0.25) is 0 Å². The molecule has 1 aliphatic heterocycles. The van der Waals surface area contributed by atoms with E-state index in [0.717, 1.165) is 18.9 Å². The second-order valence-electron chi connectivity index (χ2n) is 5.75. The Morgan fingerprint density at radius 1 is 1.33 bits per heavy atom. The third-order valence-electron chi connectivity index (χ3n) is 4.29. The van der Waals surface area contributed by atoms with Crippen LogP contribution in [0.1, 0.15) is 45.4 Å². The number of urea groups is 1. The molecule has 0 unspecified atom stereocenters. The molecule has 4 nitrogen and oxygen atoms in total. The number of hydrogen-bond donors (Lipinski definition) is 1. The van der Waals surface area contributed by atoms with Crippen LogP contribution < -0.4 is 5.32 Å². The molecule has 0 radical (unpaired) electrons. The maximum absolute atomic E-state index is 12.3. The summed E-state index contributed by atoms with van der Waals surface area (Å²) in [6.45, 7) is 3.49. The number of rotatable bonds is 4. The molecule has 0 aromatic rings. The summed E-state index contributed by atoms with van der Waals surface area (Å²) in [6, 6.07) is 0.684. The van der Waals surface area contributed by atoms with Gasteiger partial charge in [0.15, 0.2) is 0 Å². The maximum atomic E-state index is 12.3. The van der Waals surface area contributed by atoms with Gasteiger partial charge in [-0.2, -0.15) is 0 Å². The highest BCUT2D eigenvalue weighted by Crippen LogP contribution is 2.35. The van der Waals surface area contributed by atoms with E-state index in [9.17, 15) is 4.79 Å². The highest BCUT2D eigenvalue weighted by atomic mass is 16.5. The highest BCUT2D eigenvalue weighted by Gasteiger charge is 2.36. The Morgan fingerprint density at radius 3 is 2.72 bits per heavy atom. The van der Waals surface area contributed by atoms with Gasteiger partial charge in [0.25, 0.3) is 0 Å². The van der Waals surface area contributed by atoms with Gasteiger partial charge in [0.1, 0.15) is 0 Å². The Balaban J connectivity index is 1.87. The van der Waals surface area contributed by atoms with Crippen LogP contribution in [0.15, 0.2) is 0 Å². The van der Waals surface area contributed by atoms with Gasteiger partial charge in [0.05, 0.1) is 12.6 Å². The van der Waals surface area contributed by atoms with Crippen molar-refractivity contribution in [3.05, 3.63) is 0 Å². The predicted octanol–water partition coefficient (Wildman–Crippen LogP) is 2.39. The van der Waals surface area contributed by atoms with Gasteiger partial charge in [0, 0.05) is 19.7 Å². The van der Waals surface area contributed by atoms with Crippen molar-refractivity contribution >= 4 is 6.03 Å². The maximum Gasteiger partial charge on any atom is 0.317 e. The Kier molecular flexibility index (Phi) is 4.87. The second kappa shape index (κ2) is 6.41. The predicted molar refractivity (Wildman–Crippen MR) is 71.6 cm³/mol. The molecule has 104 valence electrons. The summed E-state index contributed by atoms with van der Waals surface area (Å²) in [7, 11) is 1.67. The molecule has 2 aliphatic rings. The van der Waals surface area contributed by atoms with Crippen molar-refractivity contribution in [2.45, 2.75) is 57.5 Å². The quantitative estimate of drug-likeness (QED) is 0.837. The number of carbonyl (C=O) groups is 1. The van der Waals surface area contributed by atoms with Crippen molar-refractivity contribution < 1.29 is 9.53 Å². The lowest BCUT2D eigenvalue weighted by molar-refractivity contribution is 0.148. The van der Waals surface area contributed by atoms with Crippen LogP contribution in [0.5, 0.6) is 0 Å².